The van der Waals surface area contributed by atoms with Gasteiger partial charge in [-0.05, 0) is 47.0 Å². The van der Waals surface area contributed by atoms with Crippen LogP contribution in [-0.2, 0) is 0 Å². The highest BCUT2D eigenvalue weighted by Crippen LogP contribution is 2.30. The quantitative estimate of drug-likeness (QED) is 0.678. The topological polar surface area (TPSA) is 22.1 Å². The SMILES string of the molecule is COc1ccc2cc(-c3cccnc3)ccc2c1C. The molecule has 0 saturated carbocycles. The summed E-state index contributed by atoms with van der Waals surface area (Å²) in [6, 6.07) is 14.6. The molecule has 0 saturated heterocycles. The number of rotatable bonds is 2. The molecule has 0 aliphatic rings. The maximum absolute atomic E-state index is 5.36. The van der Waals surface area contributed by atoms with E-state index in [0.717, 1.165) is 11.3 Å². The van der Waals surface area contributed by atoms with Crippen molar-refractivity contribution in [2.45, 2.75) is 6.92 Å². The standard InChI is InChI=1S/C17H15NO/c1-12-16-7-5-13(15-4-3-9-18-11-15)10-14(16)6-8-17(12)19-2/h3-11H,1-2H3. The van der Waals surface area contributed by atoms with E-state index in [1.807, 2.05) is 18.3 Å². The minimum absolute atomic E-state index is 0.932. The Kier molecular flexibility index (Phi) is 2.92. The van der Waals surface area contributed by atoms with Gasteiger partial charge in [-0.2, -0.15) is 0 Å². The molecule has 2 heteroatoms. The van der Waals surface area contributed by atoms with Crippen LogP contribution in [-0.4, -0.2) is 12.1 Å². The smallest absolute Gasteiger partial charge is 0.122 e. The molecule has 0 aliphatic carbocycles. The van der Waals surface area contributed by atoms with Gasteiger partial charge in [0, 0.05) is 18.0 Å². The lowest BCUT2D eigenvalue weighted by atomic mass is 9.99. The zero-order valence-electron chi connectivity index (χ0n) is 11.1. The number of ether oxygens (including phenoxy) is 1. The number of aryl methyl sites for hydroxylation is 1. The van der Waals surface area contributed by atoms with Crippen molar-refractivity contribution in [1.29, 1.82) is 0 Å². The monoisotopic (exact) mass is 249 g/mol. The fourth-order valence-electron chi connectivity index (χ4n) is 2.40. The van der Waals surface area contributed by atoms with E-state index in [2.05, 4.69) is 42.2 Å². The molecule has 94 valence electrons. The number of methoxy groups -OCH3 is 1. The first-order valence-electron chi connectivity index (χ1n) is 6.27. The zero-order valence-corrected chi connectivity index (χ0v) is 11.1. The Morgan fingerprint density at radius 3 is 2.63 bits per heavy atom. The van der Waals surface area contributed by atoms with Crippen LogP contribution >= 0.6 is 0 Å². The van der Waals surface area contributed by atoms with Crippen LogP contribution in [0.2, 0.25) is 0 Å². The average molecular weight is 249 g/mol. The normalized spacial score (nSPS) is 10.6. The maximum Gasteiger partial charge on any atom is 0.122 e. The summed E-state index contributed by atoms with van der Waals surface area (Å²) < 4.78 is 5.36. The Labute approximate surface area is 112 Å². The summed E-state index contributed by atoms with van der Waals surface area (Å²) in [5.74, 6) is 0.932. The van der Waals surface area contributed by atoms with Gasteiger partial charge in [-0.25, -0.2) is 0 Å². The molecule has 0 spiro atoms. The van der Waals surface area contributed by atoms with E-state index < -0.39 is 0 Å². The van der Waals surface area contributed by atoms with Gasteiger partial charge in [0.05, 0.1) is 7.11 Å². The summed E-state index contributed by atoms with van der Waals surface area (Å²) in [4.78, 5) is 4.17. The molecule has 0 atom stereocenters. The number of fused-ring (bicyclic) bond motifs is 1. The lowest BCUT2D eigenvalue weighted by Gasteiger charge is -2.09. The lowest BCUT2D eigenvalue weighted by molar-refractivity contribution is 0.412. The Bertz CT molecular complexity index is 720. The first kappa shape index (κ1) is 11.7. The second-order valence-corrected chi connectivity index (χ2v) is 4.57. The van der Waals surface area contributed by atoms with E-state index in [1.165, 1.54) is 21.9 Å². The number of benzene rings is 2. The molecule has 0 amide bonds. The molecular weight excluding hydrogens is 234 g/mol. The van der Waals surface area contributed by atoms with Gasteiger partial charge >= 0.3 is 0 Å². The Balaban J connectivity index is 2.18. The highest BCUT2D eigenvalue weighted by molar-refractivity contribution is 5.91. The summed E-state index contributed by atoms with van der Waals surface area (Å²) in [5, 5.41) is 2.45. The second kappa shape index (κ2) is 4.73. The second-order valence-electron chi connectivity index (χ2n) is 4.57. The Morgan fingerprint density at radius 1 is 1.00 bits per heavy atom. The van der Waals surface area contributed by atoms with Crippen molar-refractivity contribution in [1.82, 2.24) is 4.98 Å². The van der Waals surface area contributed by atoms with Crippen molar-refractivity contribution in [2.24, 2.45) is 0 Å². The molecular formula is C17H15NO. The minimum Gasteiger partial charge on any atom is -0.496 e. The summed E-state index contributed by atoms with van der Waals surface area (Å²) in [6.07, 6.45) is 3.68. The summed E-state index contributed by atoms with van der Waals surface area (Å²) in [7, 11) is 1.71. The van der Waals surface area contributed by atoms with Crippen molar-refractivity contribution in [2.75, 3.05) is 7.11 Å². The molecule has 0 radical (unpaired) electrons. The summed E-state index contributed by atoms with van der Waals surface area (Å²) >= 11 is 0. The predicted molar refractivity (Wildman–Crippen MR) is 78.5 cm³/mol. The molecule has 0 bridgehead atoms. The lowest BCUT2D eigenvalue weighted by Crippen LogP contribution is -1.88. The van der Waals surface area contributed by atoms with E-state index in [4.69, 9.17) is 4.74 Å². The van der Waals surface area contributed by atoms with Crippen LogP contribution in [0.1, 0.15) is 5.56 Å². The third-order valence-corrected chi connectivity index (χ3v) is 3.45. The van der Waals surface area contributed by atoms with Gasteiger partial charge in [0.1, 0.15) is 5.75 Å². The molecule has 1 aromatic heterocycles. The predicted octanol–water partition coefficient (Wildman–Crippen LogP) is 4.22. The Hall–Kier alpha value is -2.35. The maximum atomic E-state index is 5.36. The minimum atomic E-state index is 0.932. The van der Waals surface area contributed by atoms with Gasteiger partial charge in [-0.15, -0.1) is 0 Å². The molecule has 19 heavy (non-hydrogen) atoms. The molecule has 3 aromatic rings. The molecule has 2 nitrogen and oxygen atoms in total. The van der Waals surface area contributed by atoms with Gasteiger partial charge in [-0.3, -0.25) is 4.98 Å². The van der Waals surface area contributed by atoms with E-state index >= 15 is 0 Å². The third kappa shape index (κ3) is 2.06. The highest BCUT2D eigenvalue weighted by Gasteiger charge is 2.05. The number of pyridine rings is 1. The van der Waals surface area contributed by atoms with E-state index in [0.29, 0.717) is 0 Å². The van der Waals surface area contributed by atoms with Gasteiger partial charge in [0.2, 0.25) is 0 Å². The summed E-state index contributed by atoms with van der Waals surface area (Å²) in [5.41, 5.74) is 3.50. The molecule has 0 unspecified atom stereocenters. The van der Waals surface area contributed by atoms with Crippen LogP contribution in [0.3, 0.4) is 0 Å². The molecule has 1 heterocycles. The van der Waals surface area contributed by atoms with Crippen LogP contribution in [0.15, 0.2) is 54.9 Å². The van der Waals surface area contributed by atoms with Gasteiger partial charge in [0.25, 0.3) is 0 Å². The molecule has 0 aliphatic heterocycles. The highest BCUT2D eigenvalue weighted by atomic mass is 16.5. The largest absolute Gasteiger partial charge is 0.496 e. The summed E-state index contributed by atoms with van der Waals surface area (Å²) in [6.45, 7) is 2.09. The number of hydrogen-bond acceptors (Lipinski definition) is 2. The van der Waals surface area contributed by atoms with Crippen LogP contribution in [0.5, 0.6) is 5.75 Å². The molecule has 0 fully saturated rings. The van der Waals surface area contributed by atoms with E-state index in [-0.39, 0.29) is 0 Å². The fourth-order valence-corrected chi connectivity index (χ4v) is 2.40. The van der Waals surface area contributed by atoms with Crippen LogP contribution in [0.4, 0.5) is 0 Å². The van der Waals surface area contributed by atoms with Crippen molar-refractivity contribution in [3.05, 3.63) is 60.4 Å². The van der Waals surface area contributed by atoms with E-state index in [9.17, 15) is 0 Å². The number of hydrogen-bond donors (Lipinski definition) is 0. The Morgan fingerprint density at radius 2 is 1.89 bits per heavy atom. The fraction of sp³-hybridized carbons (Fsp3) is 0.118. The van der Waals surface area contributed by atoms with Crippen molar-refractivity contribution < 1.29 is 4.74 Å². The van der Waals surface area contributed by atoms with Crippen molar-refractivity contribution in [3.8, 4) is 16.9 Å². The average Bonchev–Trinajstić information content (AvgIpc) is 2.48. The first-order valence-corrected chi connectivity index (χ1v) is 6.27. The van der Waals surface area contributed by atoms with Crippen LogP contribution in [0, 0.1) is 6.92 Å². The van der Waals surface area contributed by atoms with Crippen molar-refractivity contribution >= 4 is 10.8 Å². The van der Waals surface area contributed by atoms with Crippen molar-refractivity contribution in [3.63, 3.8) is 0 Å². The van der Waals surface area contributed by atoms with Gasteiger partial charge in [-0.1, -0.05) is 24.3 Å². The number of nitrogens with zero attached hydrogens (tertiary/aromatic N) is 1. The van der Waals surface area contributed by atoms with Crippen LogP contribution < -0.4 is 4.74 Å². The zero-order chi connectivity index (χ0) is 13.2. The molecule has 3 rings (SSSR count). The third-order valence-electron chi connectivity index (χ3n) is 3.45. The van der Waals surface area contributed by atoms with Gasteiger partial charge in [0.15, 0.2) is 0 Å². The first-order chi connectivity index (χ1) is 9.29. The van der Waals surface area contributed by atoms with Crippen LogP contribution in [0.25, 0.3) is 21.9 Å². The number of aromatic nitrogens is 1. The molecule has 2 aromatic carbocycles. The van der Waals surface area contributed by atoms with Gasteiger partial charge < -0.3 is 4.74 Å². The molecule has 0 N–H and O–H groups in total. The van der Waals surface area contributed by atoms with E-state index in [1.54, 1.807) is 13.3 Å².